The SMILES string of the molecule is CNc1ncc2cc(-c3c(Cl)c(OC)cc(OC)c3Cl)c(=O)n(CCN(C)C3CCN(C(=O)/C(C#N)=C\C(C)(C)C)CC3)c2n1. The molecule has 13 heteroatoms. The van der Waals surface area contributed by atoms with Crippen LogP contribution in [0.15, 0.2) is 34.8 Å². The standard InChI is InChI=1S/C32H39Cl2N7O4/c1-32(2,3)16-20(17-35)29(42)40-10-8-21(9-11-40)39(5)12-13-41-28-19(18-37-31(36-4)38-28)14-22(30(41)43)25-26(33)23(44-6)15-24(45-7)27(25)34/h14-16,18,21H,8-13H2,1-7H3,(H,36,37,38)/b20-16-. The Labute approximate surface area is 273 Å². The van der Waals surface area contributed by atoms with E-state index in [0.29, 0.717) is 60.2 Å². The van der Waals surface area contributed by atoms with Crippen molar-refractivity contribution in [3.05, 3.63) is 50.4 Å². The molecular formula is C32H39Cl2N7O4. The highest BCUT2D eigenvalue weighted by molar-refractivity contribution is 6.41. The Balaban J connectivity index is 1.63. The molecule has 1 aliphatic heterocycles. The van der Waals surface area contributed by atoms with Gasteiger partial charge in [0.15, 0.2) is 0 Å². The van der Waals surface area contributed by atoms with Gasteiger partial charge in [-0.1, -0.05) is 50.0 Å². The van der Waals surface area contributed by atoms with Crippen LogP contribution in [0.25, 0.3) is 22.2 Å². The van der Waals surface area contributed by atoms with Crippen molar-refractivity contribution >= 4 is 46.1 Å². The summed E-state index contributed by atoms with van der Waals surface area (Å²) in [6.07, 6.45) is 4.86. The topological polar surface area (TPSA) is 126 Å². The molecule has 1 aromatic carbocycles. The summed E-state index contributed by atoms with van der Waals surface area (Å²) < 4.78 is 12.5. The summed E-state index contributed by atoms with van der Waals surface area (Å²) >= 11 is 13.4. The fourth-order valence-corrected chi connectivity index (χ4v) is 6.19. The van der Waals surface area contributed by atoms with E-state index in [0.717, 1.165) is 12.8 Å². The van der Waals surface area contributed by atoms with Crippen LogP contribution in [0.5, 0.6) is 11.5 Å². The van der Waals surface area contributed by atoms with Crippen molar-refractivity contribution in [2.24, 2.45) is 5.41 Å². The van der Waals surface area contributed by atoms with E-state index in [4.69, 9.17) is 32.7 Å². The summed E-state index contributed by atoms with van der Waals surface area (Å²) in [7, 11) is 6.67. The molecule has 3 heterocycles. The molecule has 45 heavy (non-hydrogen) atoms. The van der Waals surface area contributed by atoms with Gasteiger partial charge in [-0.15, -0.1) is 0 Å². The third-order valence-electron chi connectivity index (χ3n) is 7.87. The fraction of sp³-hybridized carbons (Fsp3) is 0.469. The van der Waals surface area contributed by atoms with Crippen LogP contribution in [0.2, 0.25) is 10.0 Å². The second kappa shape index (κ2) is 14.1. The van der Waals surface area contributed by atoms with Gasteiger partial charge in [-0.3, -0.25) is 14.2 Å². The molecule has 0 radical (unpaired) electrons. The number of fused-ring (bicyclic) bond motifs is 1. The molecule has 1 fully saturated rings. The van der Waals surface area contributed by atoms with Crippen molar-refractivity contribution in [2.75, 3.05) is 53.3 Å². The number of hydrogen-bond donors (Lipinski definition) is 1. The van der Waals surface area contributed by atoms with Crippen LogP contribution in [-0.2, 0) is 11.3 Å². The Morgan fingerprint density at radius 2 is 1.80 bits per heavy atom. The van der Waals surface area contributed by atoms with Gasteiger partial charge >= 0.3 is 0 Å². The van der Waals surface area contributed by atoms with Gasteiger partial charge in [-0.2, -0.15) is 10.2 Å². The highest BCUT2D eigenvalue weighted by Crippen LogP contribution is 2.45. The summed E-state index contributed by atoms with van der Waals surface area (Å²) in [6.45, 7) is 7.84. The van der Waals surface area contributed by atoms with Crippen molar-refractivity contribution in [3.8, 4) is 28.7 Å². The summed E-state index contributed by atoms with van der Waals surface area (Å²) in [5.74, 6) is 0.794. The third kappa shape index (κ3) is 7.35. The van der Waals surface area contributed by atoms with Crippen LogP contribution < -0.4 is 20.3 Å². The van der Waals surface area contributed by atoms with Crippen molar-refractivity contribution in [1.29, 1.82) is 5.26 Å². The molecule has 0 aliphatic carbocycles. The van der Waals surface area contributed by atoms with E-state index in [-0.39, 0.29) is 44.1 Å². The maximum Gasteiger partial charge on any atom is 0.264 e. The van der Waals surface area contributed by atoms with Crippen molar-refractivity contribution in [3.63, 3.8) is 0 Å². The minimum atomic E-state index is -0.328. The van der Waals surface area contributed by atoms with E-state index < -0.39 is 0 Å². The molecule has 1 saturated heterocycles. The smallest absolute Gasteiger partial charge is 0.264 e. The van der Waals surface area contributed by atoms with Crippen LogP contribution in [0.3, 0.4) is 0 Å². The molecule has 11 nitrogen and oxygen atoms in total. The lowest BCUT2D eigenvalue weighted by molar-refractivity contribution is -0.128. The highest BCUT2D eigenvalue weighted by Gasteiger charge is 2.28. The van der Waals surface area contributed by atoms with Gasteiger partial charge in [0.25, 0.3) is 11.5 Å². The number of carbonyl (C=O) groups is 1. The molecule has 3 aromatic rings. The van der Waals surface area contributed by atoms with Gasteiger partial charge in [0, 0.05) is 62.5 Å². The van der Waals surface area contributed by atoms with Crippen LogP contribution in [0.1, 0.15) is 33.6 Å². The van der Waals surface area contributed by atoms with Gasteiger partial charge < -0.3 is 24.6 Å². The highest BCUT2D eigenvalue weighted by atomic mass is 35.5. The predicted octanol–water partition coefficient (Wildman–Crippen LogP) is 5.24. The van der Waals surface area contributed by atoms with Crippen LogP contribution >= 0.6 is 23.2 Å². The third-order valence-corrected chi connectivity index (χ3v) is 8.62. The molecule has 2 aromatic heterocycles. The summed E-state index contributed by atoms with van der Waals surface area (Å²) in [6, 6.07) is 5.51. The number of nitrogens with zero attached hydrogens (tertiary/aromatic N) is 6. The van der Waals surface area contributed by atoms with Gasteiger partial charge in [0.1, 0.15) is 28.8 Å². The van der Waals surface area contributed by atoms with E-state index in [1.165, 1.54) is 14.2 Å². The van der Waals surface area contributed by atoms with E-state index in [9.17, 15) is 14.9 Å². The van der Waals surface area contributed by atoms with Crippen molar-refractivity contribution in [2.45, 2.75) is 46.2 Å². The predicted molar refractivity (Wildman–Crippen MR) is 177 cm³/mol. The number of likely N-dealkylation sites (N-methyl/N-ethyl adjacent to an activating group) is 1. The lowest BCUT2D eigenvalue weighted by Crippen LogP contribution is -2.46. The first-order valence-electron chi connectivity index (χ1n) is 14.6. The van der Waals surface area contributed by atoms with E-state index in [2.05, 4.69) is 26.3 Å². The molecule has 0 saturated carbocycles. The Hall–Kier alpha value is -3.85. The normalized spacial score (nSPS) is 14.5. The number of anilines is 1. The molecule has 0 bridgehead atoms. The average Bonchev–Trinajstić information content (AvgIpc) is 3.02. The molecular weight excluding hydrogens is 617 g/mol. The first-order chi connectivity index (χ1) is 21.3. The van der Waals surface area contributed by atoms with Crippen LogP contribution in [0, 0.1) is 16.7 Å². The second-order valence-electron chi connectivity index (χ2n) is 12.1. The Morgan fingerprint density at radius 1 is 1.18 bits per heavy atom. The number of amides is 1. The van der Waals surface area contributed by atoms with Crippen LogP contribution in [0.4, 0.5) is 5.95 Å². The molecule has 1 amide bonds. The number of nitrogens with one attached hydrogen (secondary N) is 1. The van der Waals surface area contributed by atoms with Gasteiger partial charge in [-0.25, -0.2) is 4.98 Å². The zero-order valence-electron chi connectivity index (χ0n) is 26.7. The fourth-order valence-electron chi connectivity index (χ4n) is 5.48. The molecule has 240 valence electrons. The van der Waals surface area contributed by atoms with Crippen molar-refractivity contribution < 1.29 is 14.3 Å². The summed E-state index contributed by atoms with van der Waals surface area (Å²) in [4.78, 5) is 40.1. The van der Waals surface area contributed by atoms with Gasteiger partial charge in [0.05, 0.1) is 29.8 Å². The van der Waals surface area contributed by atoms with E-state index in [1.54, 1.807) is 40.9 Å². The monoisotopic (exact) mass is 655 g/mol. The summed E-state index contributed by atoms with van der Waals surface area (Å²) in [5, 5.41) is 13.5. The Bertz CT molecular complexity index is 1690. The Morgan fingerprint density at radius 3 is 2.33 bits per heavy atom. The quantitative estimate of drug-likeness (QED) is 0.243. The number of methoxy groups -OCH3 is 2. The van der Waals surface area contributed by atoms with E-state index >= 15 is 0 Å². The Kier molecular flexibility index (Phi) is 10.6. The maximum absolute atomic E-state index is 14.2. The number of ether oxygens (including phenoxy) is 2. The largest absolute Gasteiger partial charge is 0.495 e. The number of halogens is 2. The average molecular weight is 657 g/mol. The molecule has 0 unspecified atom stereocenters. The number of carbonyl (C=O) groups excluding carboxylic acids is 1. The van der Waals surface area contributed by atoms with Gasteiger partial charge in [0.2, 0.25) is 5.95 Å². The number of rotatable bonds is 9. The number of likely N-dealkylation sites (tertiary alicyclic amines) is 1. The molecule has 0 spiro atoms. The number of allylic oxidation sites excluding steroid dienone is 1. The number of benzene rings is 1. The minimum Gasteiger partial charge on any atom is -0.495 e. The first kappa shape index (κ1) is 34.0. The van der Waals surface area contributed by atoms with Crippen LogP contribution in [-0.4, -0.2) is 84.2 Å². The molecule has 0 atom stereocenters. The number of pyridine rings is 1. The molecule has 4 rings (SSSR count). The van der Waals surface area contributed by atoms with Crippen molar-refractivity contribution in [1.82, 2.24) is 24.3 Å². The number of nitriles is 1. The van der Waals surface area contributed by atoms with E-state index in [1.807, 2.05) is 27.8 Å². The number of aromatic nitrogens is 3. The summed E-state index contributed by atoms with van der Waals surface area (Å²) in [5.41, 5.74) is 0.612. The number of piperidine rings is 1. The maximum atomic E-state index is 14.2. The lowest BCUT2D eigenvalue weighted by atomic mass is 9.93. The molecule has 1 N–H and O–H groups in total. The number of hydrogen-bond acceptors (Lipinski definition) is 9. The minimum absolute atomic E-state index is 0.178. The van der Waals surface area contributed by atoms with Gasteiger partial charge in [-0.05, 0) is 31.4 Å². The zero-order chi connectivity index (χ0) is 33.1. The zero-order valence-corrected chi connectivity index (χ0v) is 28.2. The second-order valence-corrected chi connectivity index (χ2v) is 12.8. The molecule has 1 aliphatic rings. The first-order valence-corrected chi connectivity index (χ1v) is 15.4. The lowest BCUT2D eigenvalue weighted by Gasteiger charge is -2.37.